The fourth-order valence-corrected chi connectivity index (χ4v) is 2.03. The maximum absolute atomic E-state index is 9.59. The number of aromatic nitrogens is 2. The van der Waals surface area contributed by atoms with Crippen LogP contribution in [0, 0.1) is 5.92 Å². The summed E-state index contributed by atoms with van der Waals surface area (Å²) in [5.41, 5.74) is 1.09. The number of hydrogen-bond donors (Lipinski definition) is 3. The van der Waals surface area contributed by atoms with Crippen LogP contribution in [-0.2, 0) is 6.54 Å². The molecule has 1 fully saturated rings. The van der Waals surface area contributed by atoms with Crippen LogP contribution in [0.25, 0.3) is 0 Å². The second-order valence-electron chi connectivity index (χ2n) is 3.97. The number of nitrogens with zero attached hydrogens (tertiary/aromatic N) is 1. The lowest BCUT2D eigenvalue weighted by Crippen LogP contribution is -2.27. The number of aliphatic hydroxyl groups is 1. The van der Waals surface area contributed by atoms with Gasteiger partial charge in [-0.15, -0.1) is 0 Å². The van der Waals surface area contributed by atoms with Crippen molar-refractivity contribution in [3.05, 3.63) is 18.0 Å². The highest BCUT2D eigenvalue weighted by Gasteiger charge is 2.24. The molecule has 0 aromatic carbocycles. The average Bonchev–Trinajstić information content (AvgIpc) is 2.78. The molecule has 0 radical (unpaired) electrons. The van der Waals surface area contributed by atoms with E-state index in [0.29, 0.717) is 5.92 Å². The molecular weight excluding hydrogens is 178 g/mol. The molecule has 2 rings (SSSR count). The molecule has 0 bridgehead atoms. The third-order valence-corrected chi connectivity index (χ3v) is 2.90. The number of aromatic amines is 1. The van der Waals surface area contributed by atoms with E-state index in [1.807, 2.05) is 6.07 Å². The number of H-pyrrole nitrogens is 1. The number of rotatable bonds is 4. The molecule has 0 aliphatic heterocycles. The SMILES string of the molecule is OC1CCCC1CNCc1ccn[nH]1. The van der Waals surface area contributed by atoms with Crippen molar-refractivity contribution in [2.24, 2.45) is 5.92 Å². The highest BCUT2D eigenvalue weighted by Crippen LogP contribution is 2.24. The van der Waals surface area contributed by atoms with Crippen molar-refractivity contribution in [3.63, 3.8) is 0 Å². The number of aliphatic hydroxyl groups excluding tert-OH is 1. The quantitative estimate of drug-likeness (QED) is 0.661. The van der Waals surface area contributed by atoms with Crippen LogP contribution in [0.3, 0.4) is 0 Å². The number of hydrogen-bond acceptors (Lipinski definition) is 3. The van der Waals surface area contributed by atoms with Gasteiger partial charge in [0.25, 0.3) is 0 Å². The zero-order chi connectivity index (χ0) is 9.80. The Hall–Kier alpha value is -0.870. The molecule has 1 aromatic rings. The molecule has 1 aliphatic rings. The summed E-state index contributed by atoms with van der Waals surface area (Å²) >= 11 is 0. The molecule has 0 saturated heterocycles. The Labute approximate surface area is 83.7 Å². The van der Waals surface area contributed by atoms with Crippen LogP contribution in [-0.4, -0.2) is 28.0 Å². The van der Waals surface area contributed by atoms with Gasteiger partial charge in [-0.3, -0.25) is 5.10 Å². The van der Waals surface area contributed by atoms with Gasteiger partial charge in [0.2, 0.25) is 0 Å². The second kappa shape index (κ2) is 4.57. The lowest BCUT2D eigenvalue weighted by atomic mass is 10.1. The summed E-state index contributed by atoms with van der Waals surface area (Å²) in [5, 5.41) is 19.7. The molecule has 1 aromatic heterocycles. The first-order valence-electron chi connectivity index (χ1n) is 5.23. The molecule has 1 aliphatic carbocycles. The van der Waals surface area contributed by atoms with Gasteiger partial charge in [0.05, 0.1) is 6.10 Å². The van der Waals surface area contributed by atoms with E-state index < -0.39 is 0 Å². The third-order valence-electron chi connectivity index (χ3n) is 2.90. The fraction of sp³-hybridized carbons (Fsp3) is 0.700. The van der Waals surface area contributed by atoms with E-state index in [1.165, 1.54) is 0 Å². The Balaban J connectivity index is 1.68. The first kappa shape index (κ1) is 9.68. The first-order chi connectivity index (χ1) is 6.86. The maximum atomic E-state index is 9.59. The molecular formula is C10H17N3O. The van der Waals surface area contributed by atoms with E-state index in [9.17, 15) is 5.11 Å². The zero-order valence-corrected chi connectivity index (χ0v) is 8.24. The highest BCUT2D eigenvalue weighted by molar-refractivity contribution is 4.96. The van der Waals surface area contributed by atoms with Gasteiger partial charge in [-0.25, -0.2) is 0 Å². The largest absolute Gasteiger partial charge is 0.393 e. The van der Waals surface area contributed by atoms with E-state index in [2.05, 4.69) is 15.5 Å². The molecule has 0 spiro atoms. The molecule has 3 N–H and O–H groups in total. The minimum absolute atomic E-state index is 0.0933. The van der Waals surface area contributed by atoms with Gasteiger partial charge in [0, 0.05) is 25.0 Å². The normalized spacial score (nSPS) is 26.9. The topological polar surface area (TPSA) is 60.9 Å². The van der Waals surface area contributed by atoms with Gasteiger partial charge < -0.3 is 10.4 Å². The van der Waals surface area contributed by atoms with Crippen LogP contribution in [0.1, 0.15) is 25.0 Å². The zero-order valence-electron chi connectivity index (χ0n) is 8.24. The molecule has 1 saturated carbocycles. The summed E-state index contributed by atoms with van der Waals surface area (Å²) in [7, 11) is 0. The van der Waals surface area contributed by atoms with E-state index >= 15 is 0 Å². The molecule has 2 atom stereocenters. The standard InChI is InChI=1S/C10H17N3O/c14-10-3-1-2-8(10)6-11-7-9-4-5-12-13-9/h4-5,8,10-11,14H,1-3,6-7H2,(H,12,13). The van der Waals surface area contributed by atoms with E-state index in [-0.39, 0.29) is 6.10 Å². The molecule has 4 heteroatoms. The van der Waals surface area contributed by atoms with Crippen molar-refractivity contribution in [3.8, 4) is 0 Å². The van der Waals surface area contributed by atoms with Crippen LogP contribution in [0.15, 0.2) is 12.3 Å². The predicted octanol–water partition coefficient (Wildman–Crippen LogP) is 0.660. The van der Waals surface area contributed by atoms with Crippen LogP contribution < -0.4 is 5.32 Å². The minimum Gasteiger partial charge on any atom is -0.393 e. The lowest BCUT2D eigenvalue weighted by Gasteiger charge is -2.14. The van der Waals surface area contributed by atoms with Crippen LogP contribution in [0.5, 0.6) is 0 Å². The highest BCUT2D eigenvalue weighted by atomic mass is 16.3. The van der Waals surface area contributed by atoms with Gasteiger partial charge in [-0.2, -0.15) is 5.10 Å². The summed E-state index contributed by atoms with van der Waals surface area (Å²) in [4.78, 5) is 0. The van der Waals surface area contributed by atoms with E-state index in [1.54, 1.807) is 6.20 Å². The molecule has 4 nitrogen and oxygen atoms in total. The average molecular weight is 195 g/mol. The molecule has 0 amide bonds. The maximum Gasteiger partial charge on any atom is 0.0580 e. The monoisotopic (exact) mass is 195 g/mol. The summed E-state index contributed by atoms with van der Waals surface area (Å²) < 4.78 is 0. The van der Waals surface area contributed by atoms with Crippen molar-refractivity contribution in [1.82, 2.24) is 15.5 Å². The van der Waals surface area contributed by atoms with Crippen molar-refractivity contribution < 1.29 is 5.11 Å². The Morgan fingerprint density at radius 1 is 1.57 bits per heavy atom. The molecule has 2 unspecified atom stereocenters. The lowest BCUT2D eigenvalue weighted by molar-refractivity contribution is 0.131. The van der Waals surface area contributed by atoms with Gasteiger partial charge in [-0.1, -0.05) is 6.42 Å². The Morgan fingerprint density at radius 3 is 3.14 bits per heavy atom. The predicted molar refractivity (Wildman–Crippen MR) is 53.6 cm³/mol. The smallest absolute Gasteiger partial charge is 0.0580 e. The molecule has 78 valence electrons. The Morgan fingerprint density at radius 2 is 2.50 bits per heavy atom. The fourth-order valence-electron chi connectivity index (χ4n) is 2.03. The van der Waals surface area contributed by atoms with Crippen LogP contribution >= 0.6 is 0 Å². The third kappa shape index (κ3) is 2.33. The van der Waals surface area contributed by atoms with Gasteiger partial charge in [0.1, 0.15) is 0 Å². The summed E-state index contributed by atoms with van der Waals surface area (Å²) in [5.74, 6) is 0.443. The first-order valence-corrected chi connectivity index (χ1v) is 5.23. The van der Waals surface area contributed by atoms with Gasteiger partial charge in [-0.05, 0) is 24.8 Å². The van der Waals surface area contributed by atoms with Gasteiger partial charge in [0.15, 0.2) is 0 Å². The van der Waals surface area contributed by atoms with Crippen molar-refractivity contribution in [2.45, 2.75) is 31.9 Å². The molecule has 14 heavy (non-hydrogen) atoms. The van der Waals surface area contributed by atoms with Gasteiger partial charge >= 0.3 is 0 Å². The van der Waals surface area contributed by atoms with Crippen LogP contribution in [0.2, 0.25) is 0 Å². The summed E-state index contributed by atoms with van der Waals surface area (Å²) in [6.07, 6.45) is 4.94. The van der Waals surface area contributed by atoms with E-state index in [4.69, 9.17) is 0 Å². The number of nitrogens with one attached hydrogen (secondary N) is 2. The second-order valence-corrected chi connectivity index (χ2v) is 3.97. The Bertz CT molecular complexity index is 260. The van der Waals surface area contributed by atoms with Crippen molar-refractivity contribution in [2.75, 3.05) is 6.54 Å². The summed E-state index contributed by atoms with van der Waals surface area (Å²) in [6, 6.07) is 1.96. The molecule has 1 heterocycles. The summed E-state index contributed by atoms with van der Waals surface area (Å²) in [6.45, 7) is 1.71. The van der Waals surface area contributed by atoms with Crippen molar-refractivity contribution >= 4 is 0 Å². The van der Waals surface area contributed by atoms with Crippen LogP contribution in [0.4, 0.5) is 0 Å². The van der Waals surface area contributed by atoms with E-state index in [0.717, 1.165) is 38.0 Å². The Kier molecular flexibility index (Phi) is 3.16. The van der Waals surface area contributed by atoms with Crippen molar-refractivity contribution in [1.29, 1.82) is 0 Å². The minimum atomic E-state index is -0.0933.